The SMILES string of the molecule is CN=C(NCc1ccc(C)s1)NC1CC(C)N(Cc2ccccc2)C1. The van der Waals surface area contributed by atoms with E-state index in [1.54, 1.807) is 0 Å². The van der Waals surface area contributed by atoms with Crippen LogP contribution in [0.3, 0.4) is 0 Å². The zero-order valence-electron chi connectivity index (χ0n) is 15.3. The maximum absolute atomic E-state index is 4.39. The first-order chi connectivity index (χ1) is 12.1. The van der Waals surface area contributed by atoms with Crippen LogP contribution in [0, 0.1) is 6.92 Å². The molecule has 1 aromatic heterocycles. The van der Waals surface area contributed by atoms with E-state index in [-0.39, 0.29) is 0 Å². The quantitative estimate of drug-likeness (QED) is 0.637. The van der Waals surface area contributed by atoms with Crippen molar-refractivity contribution in [3.63, 3.8) is 0 Å². The summed E-state index contributed by atoms with van der Waals surface area (Å²) in [6.07, 6.45) is 1.14. The molecule has 0 amide bonds. The molecule has 1 aromatic carbocycles. The van der Waals surface area contributed by atoms with Crippen LogP contribution in [0.1, 0.15) is 28.7 Å². The van der Waals surface area contributed by atoms with Crippen LogP contribution in [0.2, 0.25) is 0 Å². The summed E-state index contributed by atoms with van der Waals surface area (Å²) in [6.45, 7) is 7.35. The fourth-order valence-electron chi connectivity index (χ4n) is 3.38. The maximum Gasteiger partial charge on any atom is 0.191 e. The molecule has 134 valence electrons. The van der Waals surface area contributed by atoms with Crippen LogP contribution in [-0.2, 0) is 13.1 Å². The van der Waals surface area contributed by atoms with Crippen molar-refractivity contribution in [2.75, 3.05) is 13.6 Å². The Morgan fingerprint density at radius 1 is 1.24 bits per heavy atom. The number of aryl methyl sites for hydroxylation is 1. The molecular formula is C20H28N4S. The van der Waals surface area contributed by atoms with Crippen LogP contribution in [-0.4, -0.2) is 36.5 Å². The number of hydrogen-bond donors (Lipinski definition) is 2. The second kappa shape index (κ2) is 8.50. The Balaban J connectivity index is 1.50. The van der Waals surface area contributed by atoms with Crippen LogP contribution in [0.25, 0.3) is 0 Å². The molecular weight excluding hydrogens is 328 g/mol. The Bertz CT molecular complexity index is 695. The second-order valence-electron chi connectivity index (χ2n) is 6.78. The summed E-state index contributed by atoms with van der Waals surface area (Å²) < 4.78 is 0. The van der Waals surface area contributed by atoms with Crippen molar-refractivity contribution < 1.29 is 0 Å². The molecule has 25 heavy (non-hydrogen) atoms. The molecule has 1 fully saturated rings. The molecule has 2 aromatic rings. The molecule has 0 aliphatic carbocycles. The van der Waals surface area contributed by atoms with Gasteiger partial charge in [-0.25, -0.2) is 0 Å². The van der Waals surface area contributed by atoms with E-state index >= 15 is 0 Å². The van der Waals surface area contributed by atoms with E-state index < -0.39 is 0 Å². The first-order valence-corrected chi connectivity index (χ1v) is 9.76. The third-order valence-electron chi connectivity index (χ3n) is 4.72. The van der Waals surface area contributed by atoms with Crippen molar-refractivity contribution in [1.29, 1.82) is 0 Å². The number of benzene rings is 1. The lowest BCUT2D eigenvalue weighted by Gasteiger charge is -2.21. The lowest BCUT2D eigenvalue weighted by Crippen LogP contribution is -2.44. The van der Waals surface area contributed by atoms with E-state index in [1.165, 1.54) is 15.3 Å². The van der Waals surface area contributed by atoms with Gasteiger partial charge in [-0.05, 0) is 38.0 Å². The Morgan fingerprint density at radius 3 is 2.72 bits per heavy atom. The Labute approximate surface area is 155 Å². The van der Waals surface area contributed by atoms with Gasteiger partial charge in [0, 0.05) is 42.0 Å². The van der Waals surface area contributed by atoms with Crippen LogP contribution in [0.15, 0.2) is 47.5 Å². The van der Waals surface area contributed by atoms with Crippen LogP contribution in [0.5, 0.6) is 0 Å². The van der Waals surface area contributed by atoms with E-state index in [1.807, 2.05) is 18.4 Å². The fourth-order valence-corrected chi connectivity index (χ4v) is 4.21. The Morgan fingerprint density at radius 2 is 2.04 bits per heavy atom. The molecule has 2 N–H and O–H groups in total. The fraction of sp³-hybridized carbons (Fsp3) is 0.450. The molecule has 0 saturated carbocycles. The van der Waals surface area contributed by atoms with Gasteiger partial charge in [0.25, 0.3) is 0 Å². The van der Waals surface area contributed by atoms with Gasteiger partial charge in [0.15, 0.2) is 5.96 Å². The summed E-state index contributed by atoms with van der Waals surface area (Å²) in [4.78, 5) is 9.62. The van der Waals surface area contributed by atoms with Crippen LogP contribution >= 0.6 is 11.3 Å². The van der Waals surface area contributed by atoms with Gasteiger partial charge < -0.3 is 10.6 Å². The highest BCUT2D eigenvalue weighted by Gasteiger charge is 2.29. The average molecular weight is 357 g/mol. The van der Waals surface area contributed by atoms with E-state index in [2.05, 4.69) is 76.8 Å². The predicted octanol–water partition coefficient (Wildman–Crippen LogP) is 3.38. The summed E-state index contributed by atoms with van der Waals surface area (Å²) in [5, 5.41) is 7.03. The topological polar surface area (TPSA) is 39.7 Å². The molecule has 1 aliphatic heterocycles. The van der Waals surface area contributed by atoms with Gasteiger partial charge in [-0.2, -0.15) is 0 Å². The van der Waals surface area contributed by atoms with Crippen molar-refractivity contribution in [3.8, 4) is 0 Å². The molecule has 2 unspecified atom stereocenters. The highest BCUT2D eigenvalue weighted by Crippen LogP contribution is 2.20. The molecule has 3 rings (SSSR count). The predicted molar refractivity (Wildman–Crippen MR) is 107 cm³/mol. The minimum absolute atomic E-state index is 0.440. The number of guanidine groups is 1. The number of thiophene rings is 1. The summed E-state index contributed by atoms with van der Waals surface area (Å²) >= 11 is 1.83. The van der Waals surface area contributed by atoms with Gasteiger partial charge in [0.05, 0.1) is 6.54 Å². The maximum atomic E-state index is 4.39. The van der Waals surface area contributed by atoms with Crippen molar-refractivity contribution in [2.24, 2.45) is 4.99 Å². The number of aliphatic imine (C=N–C) groups is 1. The summed E-state index contributed by atoms with van der Waals surface area (Å²) in [6, 6.07) is 16.1. The number of nitrogens with one attached hydrogen (secondary N) is 2. The molecule has 1 saturated heterocycles. The number of hydrogen-bond acceptors (Lipinski definition) is 3. The molecule has 2 atom stereocenters. The van der Waals surface area contributed by atoms with Crippen molar-refractivity contribution in [3.05, 3.63) is 57.8 Å². The Kier molecular flexibility index (Phi) is 6.10. The van der Waals surface area contributed by atoms with E-state index in [0.717, 1.165) is 32.0 Å². The molecule has 2 heterocycles. The van der Waals surface area contributed by atoms with Gasteiger partial charge in [0.1, 0.15) is 0 Å². The van der Waals surface area contributed by atoms with Gasteiger partial charge in [-0.15, -0.1) is 11.3 Å². The number of nitrogens with zero attached hydrogens (tertiary/aromatic N) is 2. The Hall–Kier alpha value is -1.85. The summed E-state index contributed by atoms with van der Waals surface area (Å²) in [5.41, 5.74) is 1.38. The van der Waals surface area contributed by atoms with E-state index in [4.69, 9.17) is 0 Å². The molecule has 4 nitrogen and oxygen atoms in total. The average Bonchev–Trinajstić information content (AvgIpc) is 3.18. The first-order valence-electron chi connectivity index (χ1n) is 8.94. The molecule has 5 heteroatoms. The van der Waals surface area contributed by atoms with Crippen LogP contribution in [0.4, 0.5) is 0 Å². The zero-order chi connectivity index (χ0) is 17.6. The lowest BCUT2D eigenvalue weighted by atomic mass is 10.2. The highest BCUT2D eigenvalue weighted by molar-refractivity contribution is 7.11. The number of rotatable bonds is 5. The monoisotopic (exact) mass is 356 g/mol. The zero-order valence-corrected chi connectivity index (χ0v) is 16.1. The van der Waals surface area contributed by atoms with Gasteiger partial charge in [-0.1, -0.05) is 30.3 Å². The minimum Gasteiger partial charge on any atom is -0.352 e. The van der Waals surface area contributed by atoms with Gasteiger partial charge in [0.2, 0.25) is 0 Å². The van der Waals surface area contributed by atoms with Crippen molar-refractivity contribution in [2.45, 2.75) is 45.4 Å². The third kappa shape index (κ3) is 5.06. The van der Waals surface area contributed by atoms with E-state index in [0.29, 0.717) is 12.1 Å². The first kappa shape index (κ1) is 18.0. The van der Waals surface area contributed by atoms with Gasteiger partial charge in [-0.3, -0.25) is 9.89 Å². The van der Waals surface area contributed by atoms with E-state index in [9.17, 15) is 0 Å². The highest BCUT2D eigenvalue weighted by atomic mass is 32.1. The molecule has 0 radical (unpaired) electrons. The third-order valence-corrected chi connectivity index (χ3v) is 5.72. The second-order valence-corrected chi connectivity index (χ2v) is 8.15. The lowest BCUT2D eigenvalue weighted by molar-refractivity contribution is 0.258. The van der Waals surface area contributed by atoms with Crippen molar-refractivity contribution >= 4 is 17.3 Å². The largest absolute Gasteiger partial charge is 0.352 e. The van der Waals surface area contributed by atoms with Crippen molar-refractivity contribution in [1.82, 2.24) is 15.5 Å². The summed E-state index contributed by atoms with van der Waals surface area (Å²) in [7, 11) is 1.84. The number of likely N-dealkylation sites (tertiary alicyclic amines) is 1. The summed E-state index contributed by atoms with van der Waals surface area (Å²) in [5.74, 6) is 0.893. The molecule has 0 spiro atoms. The molecule has 0 bridgehead atoms. The van der Waals surface area contributed by atoms with Crippen LogP contribution < -0.4 is 10.6 Å². The molecule has 1 aliphatic rings. The van der Waals surface area contributed by atoms with Gasteiger partial charge >= 0.3 is 0 Å². The smallest absolute Gasteiger partial charge is 0.191 e. The normalized spacial score (nSPS) is 21.5. The standard InChI is InChI=1S/C20H28N4S/c1-15-11-18(14-24(15)13-17-7-5-4-6-8-17)23-20(21-3)22-12-19-10-9-16(2)25-19/h4-10,15,18H,11-14H2,1-3H3,(H2,21,22,23). The minimum atomic E-state index is 0.440.